The summed E-state index contributed by atoms with van der Waals surface area (Å²) in [6, 6.07) is 0. The molecule has 0 spiro atoms. The Hall–Kier alpha value is -1.10. The van der Waals surface area contributed by atoms with Gasteiger partial charge in [-0.1, -0.05) is 0 Å². The summed E-state index contributed by atoms with van der Waals surface area (Å²) in [7, 11) is 0. The SMILES string of the molecule is O=C(O)CCCCC(=O)NCC1CCOCC1. The Labute approximate surface area is 102 Å². The summed E-state index contributed by atoms with van der Waals surface area (Å²) >= 11 is 0. The number of carbonyl (C=O) groups excluding carboxylic acids is 1. The van der Waals surface area contributed by atoms with E-state index in [4.69, 9.17) is 9.84 Å². The van der Waals surface area contributed by atoms with Crippen LogP contribution in [0.4, 0.5) is 0 Å². The monoisotopic (exact) mass is 243 g/mol. The third-order valence-electron chi connectivity index (χ3n) is 2.97. The number of carbonyl (C=O) groups is 2. The van der Waals surface area contributed by atoms with E-state index < -0.39 is 5.97 Å². The molecular weight excluding hydrogens is 222 g/mol. The molecule has 1 rings (SSSR count). The highest BCUT2D eigenvalue weighted by atomic mass is 16.5. The minimum atomic E-state index is -0.799. The summed E-state index contributed by atoms with van der Waals surface area (Å²) in [4.78, 5) is 21.7. The average Bonchev–Trinajstić information content (AvgIpc) is 2.33. The fraction of sp³-hybridized carbons (Fsp3) is 0.833. The van der Waals surface area contributed by atoms with Crippen molar-refractivity contribution in [2.24, 2.45) is 5.92 Å². The zero-order valence-corrected chi connectivity index (χ0v) is 10.1. The van der Waals surface area contributed by atoms with Crippen LogP contribution in [0.25, 0.3) is 0 Å². The Morgan fingerprint density at radius 2 is 1.82 bits per heavy atom. The summed E-state index contributed by atoms with van der Waals surface area (Å²) in [5, 5.41) is 11.3. The lowest BCUT2D eigenvalue weighted by molar-refractivity contribution is -0.137. The quantitative estimate of drug-likeness (QED) is 0.658. The van der Waals surface area contributed by atoms with Gasteiger partial charge in [-0.2, -0.15) is 0 Å². The average molecular weight is 243 g/mol. The van der Waals surface area contributed by atoms with Gasteiger partial charge in [-0.15, -0.1) is 0 Å². The lowest BCUT2D eigenvalue weighted by Gasteiger charge is -2.22. The van der Waals surface area contributed by atoms with E-state index in [-0.39, 0.29) is 12.3 Å². The van der Waals surface area contributed by atoms with E-state index in [9.17, 15) is 9.59 Å². The van der Waals surface area contributed by atoms with Gasteiger partial charge in [0.1, 0.15) is 0 Å². The highest BCUT2D eigenvalue weighted by molar-refractivity contribution is 5.75. The van der Waals surface area contributed by atoms with Crippen LogP contribution < -0.4 is 5.32 Å². The fourth-order valence-electron chi connectivity index (χ4n) is 1.86. The zero-order chi connectivity index (χ0) is 12.5. The van der Waals surface area contributed by atoms with E-state index in [1.807, 2.05) is 0 Å². The molecule has 98 valence electrons. The number of unbranched alkanes of at least 4 members (excludes halogenated alkanes) is 1. The Balaban J connectivity index is 1.98. The minimum Gasteiger partial charge on any atom is -0.481 e. The van der Waals surface area contributed by atoms with Crippen LogP contribution in [0.15, 0.2) is 0 Å². The second-order valence-electron chi connectivity index (χ2n) is 4.46. The Morgan fingerprint density at radius 1 is 1.18 bits per heavy atom. The van der Waals surface area contributed by atoms with Crippen LogP contribution in [0, 0.1) is 5.92 Å². The first-order valence-electron chi connectivity index (χ1n) is 6.24. The summed E-state index contributed by atoms with van der Waals surface area (Å²) < 4.78 is 5.24. The molecule has 1 aliphatic rings. The molecule has 0 aromatic heterocycles. The van der Waals surface area contributed by atoms with Crippen LogP contribution in [0.5, 0.6) is 0 Å². The summed E-state index contributed by atoms with van der Waals surface area (Å²) in [6.07, 6.45) is 3.81. The van der Waals surface area contributed by atoms with Crippen LogP contribution in [0.1, 0.15) is 38.5 Å². The molecule has 1 saturated heterocycles. The standard InChI is InChI=1S/C12H21NO4/c14-11(3-1-2-4-12(15)16)13-9-10-5-7-17-8-6-10/h10H,1-9H2,(H,13,14)(H,15,16). The van der Waals surface area contributed by atoms with E-state index in [1.54, 1.807) is 0 Å². The predicted octanol–water partition coefficient (Wildman–Crippen LogP) is 1.17. The Bertz CT molecular complexity index is 249. The van der Waals surface area contributed by atoms with Crippen molar-refractivity contribution in [1.82, 2.24) is 5.32 Å². The highest BCUT2D eigenvalue weighted by Crippen LogP contribution is 2.13. The third-order valence-corrected chi connectivity index (χ3v) is 2.97. The molecular formula is C12H21NO4. The molecule has 0 bridgehead atoms. The molecule has 1 amide bonds. The molecule has 0 saturated carbocycles. The van der Waals surface area contributed by atoms with Gasteiger partial charge in [-0.25, -0.2) is 0 Å². The summed E-state index contributed by atoms with van der Waals surface area (Å²) in [5.41, 5.74) is 0. The van der Waals surface area contributed by atoms with Crippen molar-refractivity contribution in [3.63, 3.8) is 0 Å². The normalized spacial score (nSPS) is 16.7. The van der Waals surface area contributed by atoms with E-state index in [0.717, 1.165) is 32.6 Å². The first kappa shape index (κ1) is 14.0. The molecule has 5 heteroatoms. The fourth-order valence-corrected chi connectivity index (χ4v) is 1.86. The van der Waals surface area contributed by atoms with Gasteiger partial charge in [0, 0.05) is 32.6 Å². The molecule has 0 radical (unpaired) electrons. The molecule has 2 N–H and O–H groups in total. The molecule has 1 aliphatic heterocycles. The number of rotatable bonds is 7. The third kappa shape index (κ3) is 6.94. The van der Waals surface area contributed by atoms with Crippen LogP contribution >= 0.6 is 0 Å². The molecule has 17 heavy (non-hydrogen) atoms. The molecule has 0 aromatic carbocycles. The molecule has 0 atom stereocenters. The summed E-state index contributed by atoms with van der Waals surface area (Å²) in [5.74, 6) is -0.235. The maximum absolute atomic E-state index is 11.4. The molecule has 0 aromatic rings. The maximum atomic E-state index is 11.4. The van der Waals surface area contributed by atoms with Gasteiger partial charge < -0.3 is 15.2 Å². The van der Waals surface area contributed by atoms with Crippen molar-refractivity contribution in [2.45, 2.75) is 38.5 Å². The molecule has 1 fully saturated rings. The number of aliphatic carboxylic acids is 1. The largest absolute Gasteiger partial charge is 0.481 e. The van der Waals surface area contributed by atoms with Crippen molar-refractivity contribution in [1.29, 1.82) is 0 Å². The number of carboxylic acid groups (broad SMARTS) is 1. The highest BCUT2D eigenvalue weighted by Gasteiger charge is 2.14. The first-order valence-corrected chi connectivity index (χ1v) is 6.24. The minimum absolute atomic E-state index is 0.0295. The van der Waals surface area contributed by atoms with E-state index in [0.29, 0.717) is 25.2 Å². The van der Waals surface area contributed by atoms with Gasteiger partial charge in [0.25, 0.3) is 0 Å². The number of hydrogen-bond acceptors (Lipinski definition) is 3. The van der Waals surface area contributed by atoms with E-state index in [1.165, 1.54) is 0 Å². The number of ether oxygens (including phenoxy) is 1. The topological polar surface area (TPSA) is 75.6 Å². The van der Waals surface area contributed by atoms with Gasteiger partial charge in [0.2, 0.25) is 5.91 Å². The van der Waals surface area contributed by atoms with Gasteiger partial charge in [0.05, 0.1) is 0 Å². The van der Waals surface area contributed by atoms with Crippen LogP contribution in [-0.2, 0) is 14.3 Å². The lowest BCUT2D eigenvalue weighted by Crippen LogP contribution is -2.31. The second-order valence-corrected chi connectivity index (χ2v) is 4.46. The summed E-state index contributed by atoms with van der Waals surface area (Å²) in [6.45, 7) is 2.30. The smallest absolute Gasteiger partial charge is 0.303 e. The van der Waals surface area contributed by atoms with Crippen molar-refractivity contribution in [3.8, 4) is 0 Å². The van der Waals surface area contributed by atoms with Gasteiger partial charge >= 0.3 is 5.97 Å². The molecule has 0 unspecified atom stereocenters. The lowest BCUT2D eigenvalue weighted by atomic mass is 10.0. The second kappa shape index (κ2) is 8.06. The van der Waals surface area contributed by atoms with Crippen molar-refractivity contribution in [2.75, 3.05) is 19.8 Å². The van der Waals surface area contributed by atoms with Crippen LogP contribution in [0.3, 0.4) is 0 Å². The van der Waals surface area contributed by atoms with Crippen molar-refractivity contribution >= 4 is 11.9 Å². The number of amides is 1. The molecule has 0 aliphatic carbocycles. The zero-order valence-electron chi connectivity index (χ0n) is 10.1. The number of hydrogen-bond donors (Lipinski definition) is 2. The van der Waals surface area contributed by atoms with E-state index >= 15 is 0 Å². The maximum Gasteiger partial charge on any atom is 0.303 e. The first-order chi connectivity index (χ1) is 8.18. The van der Waals surface area contributed by atoms with Crippen molar-refractivity contribution < 1.29 is 19.4 Å². The van der Waals surface area contributed by atoms with Crippen LogP contribution in [-0.4, -0.2) is 36.7 Å². The van der Waals surface area contributed by atoms with E-state index in [2.05, 4.69) is 5.32 Å². The molecule has 1 heterocycles. The predicted molar refractivity (Wildman–Crippen MR) is 62.7 cm³/mol. The Kier molecular flexibility index (Phi) is 6.62. The van der Waals surface area contributed by atoms with Crippen molar-refractivity contribution in [3.05, 3.63) is 0 Å². The van der Waals surface area contributed by atoms with Gasteiger partial charge in [-0.05, 0) is 31.6 Å². The van der Waals surface area contributed by atoms with Crippen LogP contribution in [0.2, 0.25) is 0 Å². The van der Waals surface area contributed by atoms with Gasteiger partial charge in [0.15, 0.2) is 0 Å². The van der Waals surface area contributed by atoms with Gasteiger partial charge in [-0.3, -0.25) is 9.59 Å². The molecule has 5 nitrogen and oxygen atoms in total. The number of carboxylic acids is 1. The Morgan fingerprint density at radius 3 is 2.47 bits per heavy atom. The number of nitrogens with one attached hydrogen (secondary N) is 1.